The summed E-state index contributed by atoms with van der Waals surface area (Å²) in [5.41, 5.74) is 0.638. The first kappa shape index (κ1) is 11.4. The monoisotopic (exact) mass is 251 g/mol. The van der Waals surface area contributed by atoms with Crippen LogP contribution in [0.4, 0.5) is 16.4 Å². The Morgan fingerprint density at radius 1 is 1.29 bits per heavy atom. The summed E-state index contributed by atoms with van der Waals surface area (Å²) in [6.45, 7) is 1.75. The topological polar surface area (TPSA) is 82.7 Å². The van der Waals surface area contributed by atoms with Crippen molar-refractivity contribution in [3.8, 4) is 0 Å². The van der Waals surface area contributed by atoms with Gasteiger partial charge in [0.25, 0.3) is 0 Å². The molecule has 1 aromatic heterocycles. The van der Waals surface area contributed by atoms with Crippen LogP contribution in [0.25, 0.3) is 0 Å². The smallest absolute Gasteiger partial charge is 0.308 e. The van der Waals surface area contributed by atoms with E-state index in [1.54, 1.807) is 31.2 Å². The fourth-order valence-electron chi connectivity index (χ4n) is 1.20. The van der Waals surface area contributed by atoms with Crippen molar-refractivity contribution >= 4 is 29.3 Å². The van der Waals surface area contributed by atoms with Crippen molar-refractivity contribution in [1.82, 2.24) is 15.2 Å². The van der Waals surface area contributed by atoms with Gasteiger partial charge in [-0.25, -0.2) is 4.79 Å². The van der Waals surface area contributed by atoms with E-state index in [0.717, 1.165) is 0 Å². The fourth-order valence-corrected chi connectivity index (χ4v) is 1.32. The first-order valence-corrected chi connectivity index (χ1v) is 5.24. The van der Waals surface area contributed by atoms with Gasteiger partial charge in [0.05, 0.1) is 0 Å². The quantitative estimate of drug-likeness (QED) is 0.766. The molecule has 3 N–H and O–H groups in total. The Bertz CT molecular complexity index is 522. The summed E-state index contributed by atoms with van der Waals surface area (Å²) in [5.74, 6) is 0.862. The standard InChI is InChI=1S/C10H10ClN5O/c1-6-12-9(16-15-6)14-10(17)13-8-4-2-7(11)3-5-8/h2-5H,1H3,(H3,12,13,14,15,16,17). The van der Waals surface area contributed by atoms with Gasteiger partial charge < -0.3 is 5.32 Å². The average molecular weight is 252 g/mol. The molecule has 0 aliphatic rings. The van der Waals surface area contributed by atoms with Crippen LogP contribution in [0.3, 0.4) is 0 Å². The number of benzene rings is 1. The lowest BCUT2D eigenvalue weighted by atomic mass is 10.3. The SMILES string of the molecule is Cc1nc(NC(=O)Nc2ccc(Cl)cc2)n[nH]1. The van der Waals surface area contributed by atoms with Crippen LogP contribution >= 0.6 is 11.6 Å². The molecule has 88 valence electrons. The second-order valence-electron chi connectivity index (χ2n) is 3.33. The molecular formula is C10H10ClN5O. The zero-order chi connectivity index (χ0) is 12.3. The largest absolute Gasteiger partial charge is 0.326 e. The Labute approximate surface area is 102 Å². The van der Waals surface area contributed by atoms with Gasteiger partial charge in [-0.05, 0) is 31.2 Å². The number of rotatable bonds is 2. The molecule has 0 radical (unpaired) electrons. The molecule has 2 amide bonds. The van der Waals surface area contributed by atoms with Gasteiger partial charge in [0.1, 0.15) is 5.82 Å². The van der Waals surface area contributed by atoms with Crippen LogP contribution < -0.4 is 10.6 Å². The molecular weight excluding hydrogens is 242 g/mol. The molecule has 0 saturated heterocycles. The number of carbonyl (C=O) groups excluding carboxylic acids is 1. The molecule has 2 rings (SSSR count). The van der Waals surface area contributed by atoms with Crippen molar-refractivity contribution in [2.24, 2.45) is 0 Å². The number of halogens is 1. The molecule has 0 aliphatic heterocycles. The number of H-pyrrole nitrogens is 1. The predicted molar refractivity (Wildman–Crippen MR) is 65.2 cm³/mol. The lowest BCUT2D eigenvalue weighted by molar-refractivity contribution is 0.262. The third-order valence-corrected chi connectivity index (χ3v) is 2.18. The maximum atomic E-state index is 11.5. The molecule has 0 spiro atoms. The summed E-state index contributed by atoms with van der Waals surface area (Å²) in [7, 11) is 0. The fraction of sp³-hybridized carbons (Fsp3) is 0.100. The number of anilines is 2. The Balaban J connectivity index is 1.95. The van der Waals surface area contributed by atoms with Crippen LogP contribution in [0.5, 0.6) is 0 Å². The van der Waals surface area contributed by atoms with Crippen LogP contribution in [-0.2, 0) is 0 Å². The molecule has 2 aromatic rings. The van der Waals surface area contributed by atoms with E-state index in [1.165, 1.54) is 0 Å². The number of hydrogen-bond donors (Lipinski definition) is 3. The zero-order valence-electron chi connectivity index (χ0n) is 8.99. The number of nitrogens with zero attached hydrogens (tertiary/aromatic N) is 2. The lowest BCUT2D eigenvalue weighted by Gasteiger charge is -2.04. The number of amides is 2. The number of urea groups is 1. The van der Waals surface area contributed by atoms with Gasteiger partial charge in [-0.15, -0.1) is 5.10 Å². The number of nitrogens with one attached hydrogen (secondary N) is 3. The molecule has 0 unspecified atom stereocenters. The average Bonchev–Trinajstić information content (AvgIpc) is 2.67. The molecule has 1 aromatic carbocycles. The van der Waals surface area contributed by atoms with E-state index in [-0.39, 0.29) is 5.95 Å². The van der Waals surface area contributed by atoms with E-state index < -0.39 is 6.03 Å². The molecule has 0 fully saturated rings. The second kappa shape index (κ2) is 4.84. The first-order valence-electron chi connectivity index (χ1n) is 4.86. The second-order valence-corrected chi connectivity index (χ2v) is 3.77. The van der Waals surface area contributed by atoms with Crippen molar-refractivity contribution in [2.45, 2.75) is 6.92 Å². The molecule has 0 saturated carbocycles. The van der Waals surface area contributed by atoms with Gasteiger partial charge in [0.15, 0.2) is 0 Å². The van der Waals surface area contributed by atoms with Gasteiger partial charge in [-0.1, -0.05) is 11.6 Å². The maximum Gasteiger partial charge on any atom is 0.326 e. The highest BCUT2D eigenvalue weighted by molar-refractivity contribution is 6.30. The van der Waals surface area contributed by atoms with E-state index in [4.69, 9.17) is 11.6 Å². The Hall–Kier alpha value is -2.08. The Kier molecular flexibility index (Phi) is 3.24. The van der Waals surface area contributed by atoms with Crippen molar-refractivity contribution < 1.29 is 4.79 Å². The molecule has 0 atom stereocenters. The van der Waals surface area contributed by atoms with Crippen molar-refractivity contribution in [3.05, 3.63) is 35.1 Å². The summed E-state index contributed by atoms with van der Waals surface area (Å²) in [4.78, 5) is 15.5. The predicted octanol–water partition coefficient (Wildman–Crippen LogP) is 2.41. The van der Waals surface area contributed by atoms with E-state index in [2.05, 4.69) is 25.8 Å². The summed E-state index contributed by atoms with van der Waals surface area (Å²) >= 11 is 5.73. The molecule has 17 heavy (non-hydrogen) atoms. The minimum Gasteiger partial charge on any atom is -0.308 e. The molecule has 0 aliphatic carbocycles. The number of carbonyl (C=O) groups is 1. The van der Waals surface area contributed by atoms with Crippen LogP contribution in [0.1, 0.15) is 5.82 Å². The van der Waals surface area contributed by atoms with Crippen LogP contribution in [-0.4, -0.2) is 21.2 Å². The normalized spacial score (nSPS) is 10.0. The molecule has 0 bridgehead atoms. The Morgan fingerprint density at radius 3 is 2.59 bits per heavy atom. The summed E-state index contributed by atoms with van der Waals surface area (Å²) in [6, 6.07) is 6.37. The Morgan fingerprint density at radius 2 is 2.00 bits per heavy atom. The van der Waals surface area contributed by atoms with Gasteiger partial charge in [0, 0.05) is 10.7 Å². The van der Waals surface area contributed by atoms with Crippen LogP contribution in [0.2, 0.25) is 5.02 Å². The number of hydrogen-bond acceptors (Lipinski definition) is 3. The number of aryl methyl sites for hydroxylation is 1. The first-order chi connectivity index (χ1) is 8.13. The minimum absolute atomic E-state index is 0.231. The van der Waals surface area contributed by atoms with Crippen molar-refractivity contribution in [1.29, 1.82) is 0 Å². The van der Waals surface area contributed by atoms with Gasteiger partial charge in [0.2, 0.25) is 5.95 Å². The third-order valence-electron chi connectivity index (χ3n) is 1.92. The summed E-state index contributed by atoms with van der Waals surface area (Å²) in [6.07, 6.45) is 0. The summed E-state index contributed by atoms with van der Waals surface area (Å²) in [5, 5.41) is 12.1. The highest BCUT2D eigenvalue weighted by Gasteiger charge is 2.05. The van der Waals surface area contributed by atoms with Gasteiger partial charge in [-0.2, -0.15) is 4.98 Å². The van der Waals surface area contributed by atoms with E-state index in [1.807, 2.05) is 0 Å². The van der Waals surface area contributed by atoms with E-state index in [9.17, 15) is 4.79 Å². The number of aromatic amines is 1. The van der Waals surface area contributed by atoms with Crippen LogP contribution in [0.15, 0.2) is 24.3 Å². The van der Waals surface area contributed by atoms with Gasteiger partial charge in [-0.3, -0.25) is 10.4 Å². The molecule has 7 heteroatoms. The number of aromatic nitrogens is 3. The lowest BCUT2D eigenvalue weighted by Crippen LogP contribution is -2.20. The zero-order valence-corrected chi connectivity index (χ0v) is 9.75. The minimum atomic E-state index is -0.411. The summed E-state index contributed by atoms with van der Waals surface area (Å²) < 4.78 is 0. The van der Waals surface area contributed by atoms with Crippen molar-refractivity contribution in [3.63, 3.8) is 0 Å². The molecule has 6 nitrogen and oxygen atoms in total. The van der Waals surface area contributed by atoms with E-state index >= 15 is 0 Å². The van der Waals surface area contributed by atoms with Gasteiger partial charge >= 0.3 is 6.03 Å². The maximum absolute atomic E-state index is 11.5. The molecule has 1 heterocycles. The van der Waals surface area contributed by atoms with Crippen molar-refractivity contribution in [2.75, 3.05) is 10.6 Å². The highest BCUT2D eigenvalue weighted by Crippen LogP contribution is 2.13. The highest BCUT2D eigenvalue weighted by atomic mass is 35.5. The van der Waals surface area contributed by atoms with Crippen LogP contribution in [0, 0.1) is 6.92 Å². The third kappa shape index (κ3) is 3.18. The van der Waals surface area contributed by atoms with E-state index in [0.29, 0.717) is 16.5 Å².